The maximum absolute atomic E-state index is 11.2. The van der Waals surface area contributed by atoms with Gasteiger partial charge in [-0.3, -0.25) is 0 Å². The summed E-state index contributed by atoms with van der Waals surface area (Å²) in [5, 5.41) is 12.4. The number of carboxylic acid groups (broad SMARTS) is 1. The predicted molar refractivity (Wildman–Crippen MR) is 80.3 cm³/mol. The Kier molecular flexibility index (Phi) is 3.90. The van der Waals surface area contributed by atoms with Crippen molar-refractivity contribution in [3.63, 3.8) is 0 Å². The molecule has 3 nitrogen and oxygen atoms in total. The number of aryl methyl sites for hydroxylation is 2. The van der Waals surface area contributed by atoms with E-state index < -0.39 is 5.97 Å². The first-order valence-electron chi connectivity index (χ1n) is 5.84. The Morgan fingerprint density at radius 2 is 1.79 bits per heavy atom. The summed E-state index contributed by atoms with van der Waals surface area (Å²) >= 11 is 3.38. The number of nitrogens with one attached hydrogen (secondary N) is 1. The van der Waals surface area contributed by atoms with E-state index in [9.17, 15) is 9.90 Å². The van der Waals surface area contributed by atoms with Crippen molar-refractivity contribution >= 4 is 33.3 Å². The molecule has 0 aromatic heterocycles. The summed E-state index contributed by atoms with van der Waals surface area (Å²) in [5.74, 6) is -0.951. The molecule has 0 heterocycles. The molecule has 0 saturated carbocycles. The van der Waals surface area contributed by atoms with Crippen molar-refractivity contribution in [2.45, 2.75) is 13.8 Å². The molecule has 2 aromatic rings. The number of aromatic carboxylic acids is 1. The van der Waals surface area contributed by atoms with Crippen LogP contribution in [0.25, 0.3) is 0 Å². The Balaban J connectivity index is 2.45. The molecule has 98 valence electrons. The minimum Gasteiger partial charge on any atom is -0.478 e. The van der Waals surface area contributed by atoms with E-state index in [1.807, 2.05) is 32.0 Å². The first-order chi connectivity index (χ1) is 8.97. The minimum atomic E-state index is -0.951. The Labute approximate surface area is 120 Å². The largest absolute Gasteiger partial charge is 0.478 e. The van der Waals surface area contributed by atoms with E-state index in [4.69, 9.17) is 0 Å². The van der Waals surface area contributed by atoms with Crippen LogP contribution in [-0.2, 0) is 0 Å². The lowest BCUT2D eigenvalue weighted by Crippen LogP contribution is -2.03. The molecule has 0 fully saturated rings. The molecule has 0 unspecified atom stereocenters. The van der Waals surface area contributed by atoms with E-state index in [1.165, 1.54) is 0 Å². The highest BCUT2D eigenvalue weighted by Gasteiger charge is 2.13. The number of carbonyl (C=O) groups is 1. The van der Waals surface area contributed by atoms with Crippen LogP contribution in [0, 0.1) is 13.8 Å². The zero-order valence-corrected chi connectivity index (χ0v) is 12.3. The second kappa shape index (κ2) is 5.45. The SMILES string of the molecule is Cc1cc(C)cc(Nc2c(Br)cccc2C(=O)O)c1. The quantitative estimate of drug-likeness (QED) is 0.875. The van der Waals surface area contributed by atoms with Gasteiger partial charge in [-0.1, -0.05) is 12.1 Å². The predicted octanol–water partition coefficient (Wildman–Crippen LogP) is 4.51. The second-order valence-electron chi connectivity index (χ2n) is 4.47. The van der Waals surface area contributed by atoms with Gasteiger partial charge in [0.2, 0.25) is 0 Å². The summed E-state index contributed by atoms with van der Waals surface area (Å²) in [7, 11) is 0. The highest BCUT2D eigenvalue weighted by atomic mass is 79.9. The van der Waals surface area contributed by atoms with Gasteiger partial charge in [0.1, 0.15) is 0 Å². The fraction of sp³-hybridized carbons (Fsp3) is 0.133. The Bertz CT molecular complexity index is 618. The van der Waals surface area contributed by atoms with Crippen LogP contribution in [0.1, 0.15) is 21.5 Å². The van der Waals surface area contributed by atoms with E-state index in [2.05, 4.69) is 27.3 Å². The molecule has 2 aromatic carbocycles. The Morgan fingerprint density at radius 1 is 1.16 bits per heavy atom. The molecule has 0 aliphatic rings. The minimum absolute atomic E-state index is 0.244. The van der Waals surface area contributed by atoms with Gasteiger partial charge in [-0.15, -0.1) is 0 Å². The fourth-order valence-electron chi connectivity index (χ4n) is 2.02. The van der Waals surface area contributed by atoms with Gasteiger partial charge in [0.25, 0.3) is 0 Å². The first kappa shape index (κ1) is 13.6. The lowest BCUT2D eigenvalue weighted by atomic mass is 10.1. The third kappa shape index (κ3) is 3.15. The van der Waals surface area contributed by atoms with E-state index in [1.54, 1.807) is 12.1 Å². The summed E-state index contributed by atoms with van der Waals surface area (Å²) in [5.41, 5.74) is 3.96. The average Bonchev–Trinajstić information content (AvgIpc) is 2.30. The number of rotatable bonds is 3. The molecule has 0 bridgehead atoms. The molecular weight excluding hydrogens is 306 g/mol. The van der Waals surface area contributed by atoms with Crippen molar-refractivity contribution < 1.29 is 9.90 Å². The van der Waals surface area contributed by atoms with E-state index in [0.717, 1.165) is 21.3 Å². The van der Waals surface area contributed by atoms with Gasteiger partial charge in [0.05, 0.1) is 11.3 Å². The molecule has 0 radical (unpaired) electrons. The average molecular weight is 320 g/mol. The van der Waals surface area contributed by atoms with Crippen LogP contribution in [0.3, 0.4) is 0 Å². The van der Waals surface area contributed by atoms with E-state index >= 15 is 0 Å². The van der Waals surface area contributed by atoms with E-state index in [0.29, 0.717) is 5.69 Å². The van der Waals surface area contributed by atoms with Crippen LogP contribution < -0.4 is 5.32 Å². The monoisotopic (exact) mass is 319 g/mol. The fourth-order valence-corrected chi connectivity index (χ4v) is 2.49. The van der Waals surface area contributed by atoms with Crippen LogP contribution >= 0.6 is 15.9 Å². The molecule has 2 rings (SSSR count). The molecule has 0 aliphatic heterocycles. The van der Waals surface area contributed by atoms with Crippen LogP contribution in [0.4, 0.5) is 11.4 Å². The summed E-state index contributed by atoms with van der Waals surface area (Å²) in [6.07, 6.45) is 0. The molecule has 4 heteroatoms. The van der Waals surface area contributed by atoms with Crippen molar-refractivity contribution in [3.05, 3.63) is 57.6 Å². The van der Waals surface area contributed by atoms with Gasteiger partial charge in [-0.2, -0.15) is 0 Å². The molecule has 0 atom stereocenters. The maximum Gasteiger partial charge on any atom is 0.337 e. The van der Waals surface area contributed by atoms with Gasteiger partial charge in [-0.25, -0.2) is 4.79 Å². The molecule has 19 heavy (non-hydrogen) atoms. The van der Waals surface area contributed by atoms with Crippen molar-refractivity contribution in [2.75, 3.05) is 5.32 Å². The number of benzene rings is 2. The summed E-state index contributed by atoms with van der Waals surface area (Å²) < 4.78 is 0.728. The van der Waals surface area contributed by atoms with Gasteiger partial charge >= 0.3 is 5.97 Å². The molecular formula is C15H14BrNO2. The third-order valence-corrected chi connectivity index (χ3v) is 3.40. The van der Waals surface area contributed by atoms with Crippen LogP contribution in [-0.4, -0.2) is 11.1 Å². The van der Waals surface area contributed by atoms with E-state index in [-0.39, 0.29) is 5.56 Å². The van der Waals surface area contributed by atoms with Gasteiger partial charge < -0.3 is 10.4 Å². The highest BCUT2D eigenvalue weighted by molar-refractivity contribution is 9.10. The third-order valence-electron chi connectivity index (χ3n) is 2.74. The van der Waals surface area contributed by atoms with Crippen LogP contribution in [0.5, 0.6) is 0 Å². The number of carboxylic acids is 1. The number of anilines is 2. The highest BCUT2D eigenvalue weighted by Crippen LogP contribution is 2.30. The van der Waals surface area contributed by atoms with Gasteiger partial charge in [0, 0.05) is 10.2 Å². The number of para-hydroxylation sites is 1. The Hall–Kier alpha value is -1.81. The van der Waals surface area contributed by atoms with Crippen molar-refractivity contribution in [2.24, 2.45) is 0 Å². The second-order valence-corrected chi connectivity index (χ2v) is 5.32. The molecule has 2 N–H and O–H groups in total. The first-order valence-corrected chi connectivity index (χ1v) is 6.64. The van der Waals surface area contributed by atoms with Crippen LogP contribution in [0.2, 0.25) is 0 Å². The number of hydrogen-bond donors (Lipinski definition) is 2. The van der Waals surface area contributed by atoms with Crippen LogP contribution in [0.15, 0.2) is 40.9 Å². The summed E-state index contributed by atoms with van der Waals surface area (Å²) in [6.45, 7) is 4.02. The number of halogens is 1. The maximum atomic E-state index is 11.2. The standard InChI is InChI=1S/C15H14BrNO2/c1-9-6-10(2)8-11(7-9)17-14-12(15(18)19)4-3-5-13(14)16/h3-8,17H,1-2H3,(H,18,19). The summed E-state index contributed by atoms with van der Waals surface area (Å²) in [4.78, 5) is 11.2. The molecule has 0 amide bonds. The zero-order valence-electron chi connectivity index (χ0n) is 10.7. The molecule has 0 saturated heterocycles. The smallest absolute Gasteiger partial charge is 0.337 e. The van der Waals surface area contributed by atoms with Gasteiger partial charge in [0.15, 0.2) is 0 Å². The topological polar surface area (TPSA) is 49.3 Å². The molecule has 0 spiro atoms. The lowest BCUT2D eigenvalue weighted by Gasteiger charge is -2.13. The van der Waals surface area contributed by atoms with Crippen molar-refractivity contribution in [3.8, 4) is 0 Å². The molecule has 0 aliphatic carbocycles. The van der Waals surface area contributed by atoms with Gasteiger partial charge in [-0.05, 0) is 65.2 Å². The number of hydrogen-bond acceptors (Lipinski definition) is 2. The zero-order chi connectivity index (χ0) is 14.0. The normalized spacial score (nSPS) is 10.3. The Morgan fingerprint density at radius 3 is 2.37 bits per heavy atom. The van der Waals surface area contributed by atoms with Crippen molar-refractivity contribution in [1.29, 1.82) is 0 Å². The lowest BCUT2D eigenvalue weighted by molar-refractivity contribution is 0.0698. The van der Waals surface area contributed by atoms with Crippen molar-refractivity contribution in [1.82, 2.24) is 0 Å². The summed E-state index contributed by atoms with van der Waals surface area (Å²) in [6, 6.07) is 11.1.